The molecule has 0 radical (unpaired) electrons. The lowest BCUT2D eigenvalue weighted by Crippen LogP contribution is -2.38. The molecular formula is C7H15NO4. The summed E-state index contributed by atoms with van der Waals surface area (Å²) in [5, 5.41) is 19.5. The van der Waals surface area contributed by atoms with Gasteiger partial charge in [-0.15, -0.1) is 0 Å². The van der Waals surface area contributed by atoms with E-state index in [2.05, 4.69) is 5.32 Å². The lowest BCUT2D eigenvalue weighted by molar-refractivity contribution is -0.141. The van der Waals surface area contributed by atoms with E-state index in [1.54, 1.807) is 7.05 Å². The zero-order valence-corrected chi connectivity index (χ0v) is 7.12. The van der Waals surface area contributed by atoms with Gasteiger partial charge in [-0.25, -0.2) is 0 Å². The van der Waals surface area contributed by atoms with Crippen molar-refractivity contribution in [1.82, 2.24) is 5.32 Å². The van der Waals surface area contributed by atoms with E-state index in [0.29, 0.717) is 13.0 Å². The SMILES string of the molecule is CN[C@@H](COCCCO)C(=O)O. The van der Waals surface area contributed by atoms with Crippen molar-refractivity contribution in [2.75, 3.05) is 26.9 Å². The lowest BCUT2D eigenvalue weighted by atomic mass is 10.3. The number of carbonyl (C=O) groups is 1. The van der Waals surface area contributed by atoms with E-state index in [1.165, 1.54) is 0 Å². The van der Waals surface area contributed by atoms with Crippen LogP contribution in [-0.4, -0.2) is 49.1 Å². The number of carboxylic acids is 1. The van der Waals surface area contributed by atoms with Gasteiger partial charge in [0.15, 0.2) is 0 Å². The summed E-state index contributed by atoms with van der Waals surface area (Å²) in [7, 11) is 1.56. The highest BCUT2D eigenvalue weighted by molar-refractivity contribution is 5.73. The van der Waals surface area contributed by atoms with Crippen LogP contribution in [0.5, 0.6) is 0 Å². The topological polar surface area (TPSA) is 78.8 Å². The molecule has 0 bridgehead atoms. The maximum Gasteiger partial charge on any atom is 0.323 e. The predicted molar refractivity (Wildman–Crippen MR) is 43.0 cm³/mol. The van der Waals surface area contributed by atoms with Gasteiger partial charge in [0.1, 0.15) is 6.04 Å². The van der Waals surface area contributed by atoms with Crippen LogP contribution < -0.4 is 5.32 Å². The Bertz CT molecular complexity index is 129. The lowest BCUT2D eigenvalue weighted by Gasteiger charge is -2.10. The van der Waals surface area contributed by atoms with E-state index in [9.17, 15) is 4.79 Å². The molecule has 0 aliphatic rings. The minimum atomic E-state index is -0.929. The van der Waals surface area contributed by atoms with Gasteiger partial charge < -0.3 is 20.3 Å². The normalized spacial score (nSPS) is 12.8. The van der Waals surface area contributed by atoms with E-state index in [4.69, 9.17) is 14.9 Å². The third-order valence-electron chi connectivity index (χ3n) is 1.38. The molecule has 0 saturated heterocycles. The second kappa shape index (κ2) is 7.02. The summed E-state index contributed by atoms with van der Waals surface area (Å²) < 4.78 is 4.99. The monoisotopic (exact) mass is 177 g/mol. The summed E-state index contributed by atoms with van der Waals surface area (Å²) >= 11 is 0. The highest BCUT2D eigenvalue weighted by Crippen LogP contribution is 1.87. The van der Waals surface area contributed by atoms with Crippen LogP contribution in [0.4, 0.5) is 0 Å². The van der Waals surface area contributed by atoms with Crippen LogP contribution in [0.2, 0.25) is 0 Å². The van der Waals surface area contributed by atoms with Crippen LogP contribution in [-0.2, 0) is 9.53 Å². The fourth-order valence-electron chi connectivity index (χ4n) is 0.646. The zero-order valence-electron chi connectivity index (χ0n) is 7.12. The molecule has 0 aromatic heterocycles. The molecule has 0 aliphatic heterocycles. The summed E-state index contributed by atoms with van der Waals surface area (Å²) in [6.07, 6.45) is 0.538. The van der Waals surface area contributed by atoms with Crippen LogP contribution in [0.3, 0.4) is 0 Å². The Morgan fingerprint density at radius 2 is 2.33 bits per heavy atom. The van der Waals surface area contributed by atoms with Gasteiger partial charge in [0.25, 0.3) is 0 Å². The quantitative estimate of drug-likeness (QED) is 0.437. The number of carboxylic acid groups (broad SMARTS) is 1. The molecule has 0 unspecified atom stereocenters. The fourth-order valence-corrected chi connectivity index (χ4v) is 0.646. The minimum absolute atomic E-state index is 0.0668. The van der Waals surface area contributed by atoms with Crippen LogP contribution in [0.15, 0.2) is 0 Å². The van der Waals surface area contributed by atoms with Crippen molar-refractivity contribution < 1.29 is 19.7 Å². The molecule has 1 atom stereocenters. The second-order valence-electron chi connectivity index (χ2n) is 2.33. The van der Waals surface area contributed by atoms with Gasteiger partial charge in [0, 0.05) is 13.2 Å². The third-order valence-corrected chi connectivity index (χ3v) is 1.38. The van der Waals surface area contributed by atoms with Gasteiger partial charge in [-0.05, 0) is 13.5 Å². The Kier molecular flexibility index (Phi) is 6.64. The van der Waals surface area contributed by atoms with Crippen molar-refractivity contribution in [2.24, 2.45) is 0 Å². The van der Waals surface area contributed by atoms with Crippen molar-refractivity contribution in [3.8, 4) is 0 Å². The standard InChI is InChI=1S/C7H15NO4/c1-8-6(7(10)11)5-12-4-2-3-9/h6,8-9H,2-5H2,1H3,(H,10,11)/t6-/m0/s1. The smallest absolute Gasteiger partial charge is 0.323 e. The van der Waals surface area contributed by atoms with Crippen LogP contribution >= 0.6 is 0 Å². The van der Waals surface area contributed by atoms with Crippen molar-refractivity contribution in [3.63, 3.8) is 0 Å². The van der Waals surface area contributed by atoms with Crippen molar-refractivity contribution in [3.05, 3.63) is 0 Å². The van der Waals surface area contributed by atoms with E-state index >= 15 is 0 Å². The second-order valence-corrected chi connectivity index (χ2v) is 2.33. The summed E-state index contributed by atoms with van der Waals surface area (Å²) in [6.45, 7) is 0.588. The number of hydrogen-bond donors (Lipinski definition) is 3. The van der Waals surface area contributed by atoms with Crippen molar-refractivity contribution >= 4 is 5.97 Å². The number of nitrogens with one attached hydrogen (secondary N) is 1. The van der Waals surface area contributed by atoms with Gasteiger partial charge in [-0.1, -0.05) is 0 Å². The molecule has 0 rings (SSSR count). The molecule has 5 heteroatoms. The molecular weight excluding hydrogens is 162 g/mol. The summed E-state index contributed by atoms with van der Waals surface area (Å²) in [6, 6.07) is -0.663. The first-order chi connectivity index (χ1) is 5.72. The van der Waals surface area contributed by atoms with E-state index < -0.39 is 12.0 Å². The van der Waals surface area contributed by atoms with Crippen LogP contribution in [0, 0.1) is 0 Å². The molecule has 0 aromatic rings. The molecule has 12 heavy (non-hydrogen) atoms. The van der Waals surface area contributed by atoms with E-state index in [-0.39, 0.29) is 13.2 Å². The highest BCUT2D eigenvalue weighted by Gasteiger charge is 2.13. The molecule has 0 aliphatic carbocycles. The fraction of sp³-hybridized carbons (Fsp3) is 0.857. The Morgan fingerprint density at radius 3 is 2.75 bits per heavy atom. The van der Waals surface area contributed by atoms with Gasteiger partial charge in [0.2, 0.25) is 0 Å². The largest absolute Gasteiger partial charge is 0.480 e. The third kappa shape index (κ3) is 5.06. The molecule has 0 amide bonds. The Labute approximate surface area is 71.3 Å². The average molecular weight is 177 g/mol. The summed E-state index contributed by atoms with van der Waals surface area (Å²) in [5.41, 5.74) is 0. The maximum atomic E-state index is 10.4. The number of aliphatic carboxylic acids is 1. The number of ether oxygens (including phenoxy) is 1. The number of hydrogen-bond acceptors (Lipinski definition) is 4. The predicted octanol–water partition coefficient (Wildman–Crippen LogP) is -0.942. The van der Waals surface area contributed by atoms with E-state index in [0.717, 1.165) is 0 Å². The molecule has 0 spiro atoms. The Morgan fingerprint density at radius 1 is 1.67 bits per heavy atom. The molecule has 0 heterocycles. The number of likely N-dealkylation sites (N-methyl/N-ethyl adjacent to an activating group) is 1. The number of aliphatic hydroxyl groups excluding tert-OH is 1. The first-order valence-corrected chi connectivity index (χ1v) is 3.81. The van der Waals surface area contributed by atoms with Gasteiger partial charge in [-0.3, -0.25) is 4.79 Å². The molecule has 72 valence electrons. The summed E-state index contributed by atoms with van der Waals surface area (Å²) in [5.74, 6) is -0.929. The van der Waals surface area contributed by atoms with Crippen LogP contribution in [0.25, 0.3) is 0 Å². The first kappa shape index (κ1) is 11.4. The molecule has 0 aromatic carbocycles. The van der Waals surface area contributed by atoms with E-state index in [1.807, 2.05) is 0 Å². The van der Waals surface area contributed by atoms with Crippen molar-refractivity contribution in [2.45, 2.75) is 12.5 Å². The average Bonchev–Trinajstić information content (AvgIpc) is 2.04. The molecule has 0 fully saturated rings. The van der Waals surface area contributed by atoms with Crippen LogP contribution in [0.1, 0.15) is 6.42 Å². The Hall–Kier alpha value is -0.650. The minimum Gasteiger partial charge on any atom is -0.480 e. The van der Waals surface area contributed by atoms with Crippen molar-refractivity contribution in [1.29, 1.82) is 0 Å². The maximum absolute atomic E-state index is 10.4. The molecule has 3 N–H and O–H groups in total. The number of aliphatic hydroxyl groups is 1. The zero-order chi connectivity index (χ0) is 9.40. The summed E-state index contributed by atoms with van der Waals surface area (Å²) in [4.78, 5) is 10.4. The highest BCUT2D eigenvalue weighted by atomic mass is 16.5. The van der Waals surface area contributed by atoms with Gasteiger partial charge in [-0.2, -0.15) is 0 Å². The Balaban J connectivity index is 3.38. The van der Waals surface area contributed by atoms with Gasteiger partial charge in [0.05, 0.1) is 6.61 Å². The van der Waals surface area contributed by atoms with Gasteiger partial charge >= 0.3 is 5.97 Å². The first-order valence-electron chi connectivity index (χ1n) is 3.81. The molecule has 5 nitrogen and oxygen atoms in total. The molecule has 0 saturated carbocycles. The number of rotatable bonds is 7.